The van der Waals surface area contributed by atoms with Crippen LogP contribution in [0.2, 0.25) is 0 Å². The van der Waals surface area contributed by atoms with E-state index in [2.05, 4.69) is 5.32 Å². The molecule has 1 amide bonds. The van der Waals surface area contributed by atoms with Gasteiger partial charge in [0.25, 0.3) is 11.6 Å². The molecule has 1 saturated carbocycles. The van der Waals surface area contributed by atoms with Crippen molar-refractivity contribution in [2.45, 2.75) is 38.1 Å². The molecule has 1 aromatic carbocycles. The molecule has 6 nitrogen and oxygen atoms in total. The molecule has 0 heterocycles. The zero-order valence-electron chi connectivity index (χ0n) is 11.4. The summed E-state index contributed by atoms with van der Waals surface area (Å²) in [5.74, 6) is 0.0429. The van der Waals surface area contributed by atoms with Crippen molar-refractivity contribution < 1.29 is 14.5 Å². The van der Waals surface area contributed by atoms with E-state index in [-0.39, 0.29) is 23.2 Å². The van der Waals surface area contributed by atoms with Crippen LogP contribution in [0.25, 0.3) is 0 Å². The fourth-order valence-corrected chi connectivity index (χ4v) is 2.50. The molecule has 108 valence electrons. The third kappa shape index (κ3) is 3.26. The quantitative estimate of drug-likeness (QED) is 0.678. The van der Waals surface area contributed by atoms with Gasteiger partial charge in [0.05, 0.1) is 17.6 Å². The number of rotatable bonds is 4. The summed E-state index contributed by atoms with van der Waals surface area (Å²) in [5, 5.41) is 13.7. The first kappa shape index (κ1) is 14.3. The van der Waals surface area contributed by atoms with Crippen molar-refractivity contribution in [3.63, 3.8) is 0 Å². The van der Waals surface area contributed by atoms with Gasteiger partial charge in [-0.05, 0) is 18.9 Å². The molecule has 0 unspecified atom stereocenters. The van der Waals surface area contributed by atoms with Crippen molar-refractivity contribution in [2.75, 3.05) is 7.11 Å². The van der Waals surface area contributed by atoms with E-state index in [0.717, 1.165) is 25.7 Å². The number of nitro benzene ring substituents is 1. The van der Waals surface area contributed by atoms with Gasteiger partial charge in [-0.25, -0.2) is 0 Å². The van der Waals surface area contributed by atoms with Crippen LogP contribution in [-0.2, 0) is 0 Å². The monoisotopic (exact) mass is 278 g/mol. The van der Waals surface area contributed by atoms with E-state index >= 15 is 0 Å². The van der Waals surface area contributed by atoms with Crippen LogP contribution in [0.1, 0.15) is 42.5 Å². The van der Waals surface area contributed by atoms with Crippen molar-refractivity contribution in [2.24, 2.45) is 0 Å². The first-order valence-electron chi connectivity index (χ1n) is 6.75. The second kappa shape index (κ2) is 6.36. The number of carbonyl (C=O) groups excluding carboxylic acids is 1. The molecule has 0 radical (unpaired) electrons. The standard InChI is InChI=1S/C14H18N2O4/c1-20-13-8-7-11(16(18)19)9-12(13)14(17)15-10-5-3-2-4-6-10/h7-10H,2-6H2,1H3,(H,15,17). The molecule has 0 spiro atoms. The second-order valence-electron chi connectivity index (χ2n) is 4.95. The second-order valence-corrected chi connectivity index (χ2v) is 4.95. The summed E-state index contributed by atoms with van der Waals surface area (Å²) >= 11 is 0. The lowest BCUT2D eigenvalue weighted by molar-refractivity contribution is -0.384. The van der Waals surface area contributed by atoms with E-state index < -0.39 is 4.92 Å². The SMILES string of the molecule is COc1ccc([N+](=O)[O-])cc1C(=O)NC1CCCCC1. The Kier molecular flexibility index (Phi) is 4.55. The fraction of sp³-hybridized carbons (Fsp3) is 0.500. The van der Waals surface area contributed by atoms with Gasteiger partial charge in [-0.15, -0.1) is 0 Å². The molecule has 1 aromatic rings. The Bertz CT molecular complexity index is 510. The smallest absolute Gasteiger partial charge is 0.270 e. The maximum atomic E-state index is 12.3. The van der Waals surface area contributed by atoms with Crippen LogP contribution in [0.15, 0.2) is 18.2 Å². The minimum absolute atomic E-state index is 0.111. The minimum atomic E-state index is -0.517. The number of methoxy groups -OCH3 is 1. The molecule has 0 saturated heterocycles. The summed E-state index contributed by atoms with van der Waals surface area (Å²) in [5.41, 5.74) is 0.104. The topological polar surface area (TPSA) is 81.5 Å². The number of benzene rings is 1. The Morgan fingerprint density at radius 1 is 1.35 bits per heavy atom. The molecule has 1 N–H and O–H groups in total. The highest BCUT2D eigenvalue weighted by molar-refractivity contribution is 5.97. The maximum absolute atomic E-state index is 12.3. The van der Waals surface area contributed by atoms with Gasteiger partial charge in [0, 0.05) is 18.2 Å². The number of hydrogen-bond acceptors (Lipinski definition) is 4. The van der Waals surface area contributed by atoms with Crippen molar-refractivity contribution in [1.29, 1.82) is 0 Å². The first-order chi connectivity index (χ1) is 9.61. The van der Waals surface area contributed by atoms with Crippen molar-refractivity contribution in [3.8, 4) is 5.75 Å². The number of ether oxygens (including phenoxy) is 1. The zero-order valence-corrected chi connectivity index (χ0v) is 11.4. The van der Waals surface area contributed by atoms with Crippen molar-refractivity contribution >= 4 is 11.6 Å². The maximum Gasteiger partial charge on any atom is 0.270 e. The Morgan fingerprint density at radius 3 is 2.65 bits per heavy atom. The Labute approximate surface area is 117 Å². The molecule has 0 aliphatic heterocycles. The average molecular weight is 278 g/mol. The van der Waals surface area contributed by atoms with Crippen LogP contribution in [0, 0.1) is 10.1 Å². The molecule has 6 heteroatoms. The lowest BCUT2D eigenvalue weighted by Crippen LogP contribution is -2.36. The molecule has 1 aliphatic rings. The number of nitrogens with one attached hydrogen (secondary N) is 1. The molecule has 0 bridgehead atoms. The predicted octanol–water partition coefficient (Wildman–Crippen LogP) is 2.67. The van der Waals surface area contributed by atoms with E-state index in [1.165, 1.54) is 31.7 Å². The van der Waals surface area contributed by atoms with Gasteiger partial charge in [0.1, 0.15) is 5.75 Å². The largest absolute Gasteiger partial charge is 0.496 e. The summed E-state index contributed by atoms with van der Waals surface area (Å²) in [6, 6.07) is 4.20. The predicted molar refractivity (Wildman–Crippen MR) is 74.0 cm³/mol. The van der Waals surface area contributed by atoms with Crippen LogP contribution in [0.3, 0.4) is 0 Å². The lowest BCUT2D eigenvalue weighted by Gasteiger charge is -2.23. The van der Waals surface area contributed by atoms with E-state index in [9.17, 15) is 14.9 Å². The van der Waals surface area contributed by atoms with Crippen LogP contribution in [0.5, 0.6) is 5.75 Å². The molecule has 0 atom stereocenters. The van der Waals surface area contributed by atoms with Gasteiger partial charge in [0.2, 0.25) is 0 Å². The minimum Gasteiger partial charge on any atom is -0.496 e. The summed E-state index contributed by atoms with van der Waals surface area (Å²) in [6.45, 7) is 0. The third-order valence-electron chi connectivity index (χ3n) is 3.58. The normalized spacial score (nSPS) is 15.7. The number of non-ortho nitro benzene ring substituents is 1. The van der Waals surface area contributed by atoms with Crippen molar-refractivity contribution in [3.05, 3.63) is 33.9 Å². The molecule has 1 aliphatic carbocycles. The summed E-state index contributed by atoms with van der Waals surface area (Å²) in [4.78, 5) is 22.5. The fourth-order valence-electron chi connectivity index (χ4n) is 2.50. The summed E-state index contributed by atoms with van der Waals surface area (Å²) in [7, 11) is 1.44. The van der Waals surface area contributed by atoms with E-state index in [4.69, 9.17) is 4.74 Å². The highest BCUT2D eigenvalue weighted by atomic mass is 16.6. The zero-order chi connectivity index (χ0) is 14.5. The molecular formula is C14H18N2O4. The highest BCUT2D eigenvalue weighted by Crippen LogP contribution is 2.25. The Morgan fingerprint density at radius 2 is 2.05 bits per heavy atom. The van der Waals surface area contributed by atoms with Crippen LogP contribution in [0.4, 0.5) is 5.69 Å². The molecule has 1 fully saturated rings. The van der Waals surface area contributed by atoms with Gasteiger partial charge in [-0.2, -0.15) is 0 Å². The molecule has 2 rings (SSSR count). The highest BCUT2D eigenvalue weighted by Gasteiger charge is 2.21. The molecule has 20 heavy (non-hydrogen) atoms. The first-order valence-corrected chi connectivity index (χ1v) is 6.75. The van der Waals surface area contributed by atoms with Crippen LogP contribution in [-0.4, -0.2) is 24.0 Å². The van der Waals surface area contributed by atoms with E-state index in [0.29, 0.717) is 5.75 Å². The van der Waals surface area contributed by atoms with E-state index in [1.807, 2.05) is 0 Å². The lowest BCUT2D eigenvalue weighted by atomic mass is 9.95. The van der Waals surface area contributed by atoms with Crippen LogP contribution < -0.4 is 10.1 Å². The number of hydrogen-bond donors (Lipinski definition) is 1. The van der Waals surface area contributed by atoms with Gasteiger partial charge in [-0.1, -0.05) is 19.3 Å². The number of carbonyl (C=O) groups is 1. The van der Waals surface area contributed by atoms with E-state index in [1.54, 1.807) is 0 Å². The van der Waals surface area contributed by atoms with Gasteiger partial charge >= 0.3 is 0 Å². The van der Waals surface area contributed by atoms with Crippen molar-refractivity contribution in [1.82, 2.24) is 5.32 Å². The molecule has 0 aromatic heterocycles. The third-order valence-corrected chi connectivity index (χ3v) is 3.58. The average Bonchev–Trinajstić information content (AvgIpc) is 2.47. The number of nitro groups is 1. The number of amides is 1. The van der Waals surface area contributed by atoms with Gasteiger partial charge in [0.15, 0.2) is 0 Å². The summed E-state index contributed by atoms with van der Waals surface area (Å²) < 4.78 is 5.11. The Balaban J connectivity index is 2.18. The molecular weight excluding hydrogens is 260 g/mol. The summed E-state index contributed by atoms with van der Waals surface area (Å²) in [6.07, 6.45) is 5.34. The van der Waals surface area contributed by atoms with Crippen LogP contribution >= 0.6 is 0 Å². The van der Waals surface area contributed by atoms with Gasteiger partial charge < -0.3 is 10.1 Å². The van der Waals surface area contributed by atoms with Gasteiger partial charge in [-0.3, -0.25) is 14.9 Å². The Hall–Kier alpha value is -2.11. The number of nitrogens with zero attached hydrogens (tertiary/aromatic N) is 1.